The molecule has 2 atom stereocenters. The highest BCUT2D eigenvalue weighted by molar-refractivity contribution is 6.39. The van der Waals surface area contributed by atoms with Gasteiger partial charge in [0.1, 0.15) is 17.4 Å². The SMILES string of the molecule is CC[C@@H]1C[C@H](OC(=O)c2c(-c3c(Cl)cccc3Cl)noc2C2CC2)CCN1c1cnc(C(=O)OC)nc1. The molecule has 3 aromatic rings. The summed E-state index contributed by atoms with van der Waals surface area (Å²) in [6.07, 6.45) is 6.88. The molecule has 5 rings (SSSR count). The van der Waals surface area contributed by atoms with Crippen molar-refractivity contribution in [3.63, 3.8) is 0 Å². The molecule has 1 saturated carbocycles. The maximum Gasteiger partial charge on any atom is 0.376 e. The highest BCUT2D eigenvalue weighted by Crippen LogP contribution is 2.46. The first-order valence-electron chi connectivity index (χ1n) is 12.2. The quantitative estimate of drug-likeness (QED) is 0.345. The van der Waals surface area contributed by atoms with E-state index in [9.17, 15) is 9.59 Å². The number of anilines is 1. The number of methoxy groups -OCH3 is 1. The Hall–Kier alpha value is -3.17. The van der Waals surface area contributed by atoms with Crippen LogP contribution in [0.3, 0.4) is 0 Å². The zero-order valence-corrected chi connectivity index (χ0v) is 22.0. The number of benzene rings is 1. The third-order valence-electron chi connectivity index (χ3n) is 6.82. The minimum absolute atomic E-state index is 0.0118. The van der Waals surface area contributed by atoms with Crippen LogP contribution in [0.4, 0.5) is 5.69 Å². The lowest BCUT2D eigenvalue weighted by molar-refractivity contribution is 0.0206. The molecule has 37 heavy (non-hydrogen) atoms. The second-order valence-electron chi connectivity index (χ2n) is 9.20. The molecule has 0 N–H and O–H groups in total. The van der Waals surface area contributed by atoms with Crippen LogP contribution in [0.25, 0.3) is 11.3 Å². The molecular weight excluding hydrogens is 519 g/mol. The van der Waals surface area contributed by atoms with Gasteiger partial charge in [-0.2, -0.15) is 0 Å². The van der Waals surface area contributed by atoms with Gasteiger partial charge in [0.25, 0.3) is 0 Å². The van der Waals surface area contributed by atoms with E-state index in [-0.39, 0.29) is 23.9 Å². The van der Waals surface area contributed by atoms with Gasteiger partial charge in [-0.05, 0) is 31.4 Å². The van der Waals surface area contributed by atoms with E-state index in [2.05, 4.69) is 31.7 Å². The monoisotopic (exact) mass is 544 g/mol. The molecule has 0 bridgehead atoms. The van der Waals surface area contributed by atoms with Gasteiger partial charge in [-0.15, -0.1) is 0 Å². The predicted molar refractivity (Wildman–Crippen MR) is 137 cm³/mol. The number of esters is 2. The number of rotatable bonds is 7. The van der Waals surface area contributed by atoms with Gasteiger partial charge in [-0.25, -0.2) is 19.6 Å². The minimum atomic E-state index is -0.582. The Balaban J connectivity index is 1.34. The Kier molecular flexibility index (Phi) is 7.35. The van der Waals surface area contributed by atoms with Crippen molar-refractivity contribution < 1.29 is 23.6 Å². The van der Waals surface area contributed by atoms with E-state index in [0.717, 1.165) is 24.9 Å². The number of carbonyl (C=O) groups is 2. The van der Waals surface area contributed by atoms with Crippen molar-refractivity contribution in [1.29, 1.82) is 0 Å². The summed E-state index contributed by atoms with van der Waals surface area (Å²) in [5.41, 5.74) is 1.88. The van der Waals surface area contributed by atoms with Crippen molar-refractivity contribution in [1.82, 2.24) is 15.1 Å². The summed E-state index contributed by atoms with van der Waals surface area (Å²) in [4.78, 5) is 35.6. The third kappa shape index (κ3) is 5.15. The highest BCUT2D eigenvalue weighted by atomic mass is 35.5. The molecule has 1 aliphatic heterocycles. The van der Waals surface area contributed by atoms with Crippen molar-refractivity contribution >= 4 is 40.8 Å². The van der Waals surface area contributed by atoms with Crippen LogP contribution in [0, 0.1) is 0 Å². The van der Waals surface area contributed by atoms with E-state index in [1.165, 1.54) is 7.11 Å². The first kappa shape index (κ1) is 25.5. The molecule has 1 saturated heterocycles. The van der Waals surface area contributed by atoms with Crippen molar-refractivity contribution in [3.8, 4) is 11.3 Å². The van der Waals surface area contributed by atoms with Crippen LogP contribution in [0.2, 0.25) is 10.0 Å². The maximum absolute atomic E-state index is 13.5. The van der Waals surface area contributed by atoms with E-state index in [1.54, 1.807) is 30.6 Å². The molecule has 0 radical (unpaired) electrons. The third-order valence-corrected chi connectivity index (χ3v) is 7.45. The number of halogens is 2. The normalized spacial score (nSPS) is 19.5. The molecule has 9 nitrogen and oxygen atoms in total. The zero-order valence-electron chi connectivity index (χ0n) is 20.4. The summed E-state index contributed by atoms with van der Waals surface area (Å²) >= 11 is 12.8. The highest BCUT2D eigenvalue weighted by Gasteiger charge is 2.38. The van der Waals surface area contributed by atoms with Crippen LogP contribution in [-0.4, -0.2) is 52.9 Å². The Bertz CT molecular complexity index is 1290. The number of hydrogen-bond acceptors (Lipinski definition) is 9. The summed E-state index contributed by atoms with van der Waals surface area (Å²) < 4.78 is 16.3. The fourth-order valence-electron chi connectivity index (χ4n) is 4.74. The standard InChI is InChI=1S/C26H26Cl2N4O5/c1-3-15-11-17(9-10-32(15)16-12-29-24(30-13-16)26(34)35-2)36-25(33)21-22(31-37-23(21)14-7-8-14)20-18(27)5-4-6-19(20)28/h4-6,12-15,17H,3,7-11H2,1-2H3/t15-,17-/m1/s1. The number of ether oxygens (including phenoxy) is 2. The summed E-state index contributed by atoms with van der Waals surface area (Å²) in [7, 11) is 1.29. The maximum atomic E-state index is 13.5. The molecule has 3 heterocycles. The lowest BCUT2D eigenvalue weighted by atomic mass is 9.96. The molecule has 0 amide bonds. The van der Waals surface area contributed by atoms with E-state index < -0.39 is 11.9 Å². The fraction of sp³-hybridized carbons (Fsp3) is 0.423. The molecule has 194 valence electrons. The van der Waals surface area contributed by atoms with Gasteiger partial charge in [0.05, 0.1) is 35.2 Å². The lowest BCUT2D eigenvalue weighted by Crippen LogP contribution is -2.45. The first-order valence-corrected chi connectivity index (χ1v) is 13.0. The molecule has 0 spiro atoms. The van der Waals surface area contributed by atoms with E-state index in [0.29, 0.717) is 52.0 Å². The smallest absolute Gasteiger partial charge is 0.376 e. The molecule has 11 heteroatoms. The van der Waals surface area contributed by atoms with Crippen molar-refractivity contribution in [2.75, 3.05) is 18.6 Å². The van der Waals surface area contributed by atoms with Gasteiger partial charge in [0.15, 0.2) is 5.76 Å². The molecule has 1 aliphatic carbocycles. The average Bonchev–Trinajstić information content (AvgIpc) is 3.67. The molecule has 1 aromatic carbocycles. The Morgan fingerprint density at radius 2 is 1.81 bits per heavy atom. The second kappa shape index (κ2) is 10.7. The number of nitrogens with zero attached hydrogens (tertiary/aromatic N) is 4. The van der Waals surface area contributed by atoms with Crippen LogP contribution < -0.4 is 4.90 Å². The number of hydrogen-bond donors (Lipinski definition) is 0. The summed E-state index contributed by atoms with van der Waals surface area (Å²) in [5.74, 6) is -0.376. The van der Waals surface area contributed by atoms with Crippen molar-refractivity contribution in [2.45, 2.75) is 57.1 Å². The Labute approximate surface area is 224 Å². The van der Waals surface area contributed by atoms with Gasteiger partial charge in [0.2, 0.25) is 5.82 Å². The largest absolute Gasteiger partial charge is 0.463 e. The molecule has 2 fully saturated rings. The topological polar surface area (TPSA) is 108 Å². The first-order chi connectivity index (χ1) is 17.9. The van der Waals surface area contributed by atoms with E-state index >= 15 is 0 Å². The van der Waals surface area contributed by atoms with Crippen LogP contribution in [-0.2, 0) is 9.47 Å². The minimum Gasteiger partial charge on any atom is -0.463 e. The average molecular weight is 545 g/mol. The van der Waals surface area contributed by atoms with Gasteiger partial charge in [0, 0.05) is 36.9 Å². The lowest BCUT2D eigenvalue weighted by Gasteiger charge is -2.40. The Morgan fingerprint density at radius 1 is 1.11 bits per heavy atom. The summed E-state index contributed by atoms with van der Waals surface area (Å²) in [6.45, 7) is 2.72. The Morgan fingerprint density at radius 3 is 2.43 bits per heavy atom. The van der Waals surface area contributed by atoms with Crippen molar-refractivity contribution in [3.05, 3.63) is 57.8 Å². The van der Waals surface area contributed by atoms with Gasteiger partial charge in [-0.1, -0.05) is 41.3 Å². The molecule has 2 aliphatic rings. The number of aromatic nitrogens is 3. The fourth-order valence-corrected chi connectivity index (χ4v) is 5.32. The zero-order chi connectivity index (χ0) is 26.1. The summed E-state index contributed by atoms with van der Waals surface area (Å²) in [5, 5.41) is 4.96. The number of carbonyl (C=O) groups excluding carboxylic acids is 2. The van der Waals surface area contributed by atoms with Crippen LogP contribution >= 0.6 is 23.2 Å². The van der Waals surface area contributed by atoms with Crippen LogP contribution in [0.15, 0.2) is 35.1 Å². The second-order valence-corrected chi connectivity index (χ2v) is 10.0. The van der Waals surface area contributed by atoms with E-state index in [4.69, 9.17) is 32.5 Å². The number of piperidine rings is 1. The summed E-state index contributed by atoms with van der Waals surface area (Å²) in [6, 6.07) is 5.24. The van der Waals surface area contributed by atoms with E-state index in [1.807, 2.05) is 0 Å². The van der Waals surface area contributed by atoms with Crippen LogP contribution in [0.1, 0.15) is 71.7 Å². The van der Waals surface area contributed by atoms with Crippen LogP contribution in [0.5, 0.6) is 0 Å². The van der Waals surface area contributed by atoms with Gasteiger partial charge in [-0.3, -0.25) is 0 Å². The van der Waals surface area contributed by atoms with Crippen molar-refractivity contribution in [2.24, 2.45) is 0 Å². The molecule has 2 aromatic heterocycles. The van der Waals surface area contributed by atoms with Gasteiger partial charge >= 0.3 is 11.9 Å². The molecular formula is C26H26Cl2N4O5. The van der Waals surface area contributed by atoms with Gasteiger partial charge < -0.3 is 18.9 Å². The predicted octanol–water partition coefficient (Wildman–Crippen LogP) is 5.71. The molecule has 0 unspecified atom stereocenters.